The number of carbonyl (C=O) groups excluding carboxylic acids is 5. The summed E-state index contributed by atoms with van der Waals surface area (Å²) < 4.78 is 22.1. The minimum Gasteiger partial charge on any atom is -0.507 e. The number of Topliss-reactive ketones (excluding diaryl/α,β-unsaturated/α-hetero) is 4. The van der Waals surface area contributed by atoms with Crippen LogP contribution in [0.4, 0.5) is 0 Å². The molecule has 2 aromatic rings. The number of fused-ring (bicyclic) bond motifs is 5. The van der Waals surface area contributed by atoms with Crippen LogP contribution >= 0.6 is 0 Å². The summed E-state index contributed by atoms with van der Waals surface area (Å²) in [6.45, 7) is 6.47. The van der Waals surface area contributed by atoms with Crippen molar-refractivity contribution in [3.63, 3.8) is 0 Å². The van der Waals surface area contributed by atoms with E-state index in [-0.39, 0.29) is 28.4 Å². The number of phenolic OH excluding ortho intramolecular Hbond substituents is 2. The van der Waals surface area contributed by atoms with Gasteiger partial charge in [-0.1, -0.05) is 6.07 Å². The molecule has 6 N–H and O–H groups in total. The van der Waals surface area contributed by atoms with Crippen LogP contribution < -0.4 is 5.32 Å². The number of rotatable bonds is 6. The maximum absolute atomic E-state index is 14.7. The SMILES string of the molecule is CO[C@@H]1[C@@H](O)[C@@H](OC)C(N=C2CC(=O)c3c(cc4c(c3O)C(=O)[C@]3(OC)[C@H](O)Cc5cc(C)c(C(=O)NC(C)C)c(O)c5[C@]3(O)C4=O)C2=O)O[C@H]1C. The maximum atomic E-state index is 14.7. The Labute approximate surface area is 297 Å². The van der Waals surface area contributed by atoms with Gasteiger partial charge in [-0.05, 0) is 44.9 Å². The van der Waals surface area contributed by atoms with Crippen LogP contribution in [-0.4, -0.2) is 130 Å². The molecular weight excluding hydrogens is 684 g/mol. The Morgan fingerprint density at radius 1 is 0.981 bits per heavy atom. The highest BCUT2D eigenvalue weighted by Crippen LogP contribution is 2.56. The van der Waals surface area contributed by atoms with Crippen LogP contribution in [0.3, 0.4) is 0 Å². The molecule has 8 atom stereocenters. The number of aromatic hydroxyl groups is 2. The summed E-state index contributed by atoms with van der Waals surface area (Å²) in [5.74, 6) is -7.14. The highest BCUT2D eigenvalue weighted by Gasteiger charge is 2.72. The minimum atomic E-state index is -3.21. The van der Waals surface area contributed by atoms with Crippen LogP contribution in [-0.2, 0) is 31.0 Å². The van der Waals surface area contributed by atoms with Crippen molar-refractivity contribution in [2.75, 3.05) is 21.3 Å². The molecule has 3 aliphatic carbocycles. The summed E-state index contributed by atoms with van der Waals surface area (Å²) in [5, 5.41) is 60.7. The molecule has 0 saturated carbocycles. The second-order valence-electron chi connectivity index (χ2n) is 13.8. The molecule has 1 fully saturated rings. The minimum absolute atomic E-state index is 0.0264. The molecule has 278 valence electrons. The molecule has 6 rings (SSSR count). The molecule has 1 heterocycles. The number of methoxy groups -OCH3 is 3. The van der Waals surface area contributed by atoms with Crippen LogP contribution in [0.25, 0.3) is 0 Å². The van der Waals surface area contributed by atoms with E-state index in [0.29, 0.717) is 0 Å². The van der Waals surface area contributed by atoms with Gasteiger partial charge in [0.2, 0.25) is 17.3 Å². The molecule has 0 aromatic heterocycles. The van der Waals surface area contributed by atoms with E-state index in [0.717, 1.165) is 13.2 Å². The van der Waals surface area contributed by atoms with Crippen molar-refractivity contribution in [3.05, 3.63) is 56.6 Å². The van der Waals surface area contributed by atoms with Gasteiger partial charge in [-0.15, -0.1) is 0 Å². The molecule has 16 heteroatoms. The van der Waals surface area contributed by atoms with E-state index in [2.05, 4.69) is 10.3 Å². The second kappa shape index (κ2) is 12.9. The third-order valence-electron chi connectivity index (χ3n) is 10.5. The Hall–Kier alpha value is -4.42. The summed E-state index contributed by atoms with van der Waals surface area (Å²) in [5.41, 5.74) is -9.72. The van der Waals surface area contributed by atoms with Crippen molar-refractivity contribution < 1.29 is 68.5 Å². The van der Waals surface area contributed by atoms with Crippen LogP contribution in [0.2, 0.25) is 0 Å². The number of nitrogens with zero attached hydrogens (tertiary/aromatic N) is 1. The predicted octanol–water partition coefficient (Wildman–Crippen LogP) is 0.459. The number of hydrogen-bond acceptors (Lipinski definition) is 15. The first kappa shape index (κ1) is 37.3. The largest absolute Gasteiger partial charge is 0.507 e. The molecular formula is C36H40N2O14. The van der Waals surface area contributed by atoms with Crippen LogP contribution in [0, 0.1) is 6.92 Å². The number of carbonyl (C=O) groups is 5. The van der Waals surface area contributed by atoms with Gasteiger partial charge in [-0.25, -0.2) is 0 Å². The van der Waals surface area contributed by atoms with E-state index < -0.39 is 129 Å². The topological polar surface area (TPSA) is 248 Å². The molecule has 0 bridgehead atoms. The van der Waals surface area contributed by atoms with Crippen molar-refractivity contribution in [1.82, 2.24) is 5.32 Å². The summed E-state index contributed by atoms with van der Waals surface area (Å²) in [4.78, 5) is 74.3. The number of phenols is 2. The number of amides is 1. The number of ether oxygens (including phenoxy) is 4. The van der Waals surface area contributed by atoms with Crippen molar-refractivity contribution in [1.29, 1.82) is 0 Å². The van der Waals surface area contributed by atoms with Gasteiger partial charge in [0.1, 0.15) is 29.8 Å². The average molecular weight is 725 g/mol. The fourth-order valence-electron chi connectivity index (χ4n) is 8.16. The highest BCUT2D eigenvalue weighted by atomic mass is 16.6. The van der Waals surface area contributed by atoms with Crippen LogP contribution in [0.15, 0.2) is 17.1 Å². The molecule has 0 radical (unpaired) electrons. The molecule has 2 aromatic carbocycles. The second-order valence-corrected chi connectivity index (χ2v) is 13.8. The van der Waals surface area contributed by atoms with Gasteiger partial charge in [0.25, 0.3) is 5.91 Å². The van der Waals surface area contributed by atoms with E-state index in [1.165, 1.54) is 27.2 Å². The zero-order valence-corrected chi connectivity index (χ0v) is 29.5. The third-order valence-corrected chi connectivity index (χ3v) is 10.5. The quantitative estimate of drug-likeness (QED) is 0.237. The standard InChI is InChI=1S/C36H40N2O14/c1-12(2)37-33(47)21-13(3)8-15-9-20(40)36(51-7)32(46)23-17(31(45)35(36,48)24(15)27(21)43)10-16-22(26(23)42)19(39)11-18(25(16)41)38-34-30(50-6)28(44)29(49-5)14(4)52-34/h8,10,12,14,20,28-30,34,40,42-44,48H,9,11H2,1-7H3,(H,37,47)/t14-,20+,28+,29-,30+,34?,35-,36+/m0/s1. The number of aryl methyl sites for hydroxylation is 1. The molecule has 16 nitrogen and oxygen atoms in total. The smallest absolute Gasteiger partial charge is 0.255 e. The lowest BCUT2D eigenvalue weighted by atomic mass is 9.56. The zero-order chi connectivity index (χ0) is 38.4. The van der Waals surface area contributed by atoms with E-state index >= 15 is 0 Å². The monoisotopic (exact) mass is 724 g/mol. The van der Waals surface area contributed by atoms with Gasteiger partial charge in [-0.3, -0.25) is 29.0 Å². The molecule has 4 aliphatic rings. The van der Waals surface area contributed by atoms with Crippen molar-refractivity contribution in [3.8, 4) is 11.5 Å². The van der Waals surface area contributed by atoms with Crippen LogP contribution in [0.5, 0.6) is 11.5 Å². The normalized spacial score (nSPS) is 32.0. The molecule has 1 aliphatic heterocycles. The van der Waals surface area contributed by atoms with Gasteiger partial charge in [0, 0.05) is 50.5 Å². The van der Waals surface area contributed by atoms with Gasteiger partial charge < -0.3 is 49.8 Å². The van der Waals surface area contributed by atoms with E-state index in [1.54, 1.807) is 20.8 Å². The number of aliphatic hydroxyl groups is 3. The lowest BCUT2D eigenvalue weighted by Crippen LogP contribution is -2.73. The van der Waals surface area contributed by atoms with Crippen molar-refractivity contribution in [2.24, 2.45) is 4.99 Å². The number of nitrogens with one attached hydrogen (secondary N) is 1. The summed E-state index contributed by atoms with van der Waals surface area (Å²) >= 11 is 0. The van der Waals surface area contributed by atoms with Crippen LogP contribution in [0.1, 0.15) is 95.7 Å². The van der Waals surface area contributed by atoms with Gasteiger partial charge >= 0.3 is 0 Å². The number of aliphatic imine (C=N–C) groups is 1. The number of ketones is 4. The van der Waals surface area contributed by atoms with Crippen molar-refractivity contribution >= 4 is 34.8 Å². The summed E-state index contributed by atoms with van der Waals surface area (Å²) in [7, 11) is 3.59. The molecule has 1 amide bonds. The van der Waals surface area contributed by atoms with Crippen molar-refractivity contribution in [2.45, 2.75) is 94.5 Å². The Kier molecular flexibility index (Phi) is 9.27. The highest BCUT2D eigenvalue weighted by molar-refractivity contribution is 6.53. The summed E-state index contributed by atoms with van der Waals surface area (Å²) in [6, 6.07) is 1.88. The first-order valence-electron chi connectivity index (χ1n) is 16.6. The molecule has 1 unspecified atom stereocenters. The lowest BCUT2D eigenvalue weighted by Gasteiger charge is -2.53. The zero-order valence-electron chi connectivity index (χ0n) is 29.5. The van der Waals surface area contributed by atoms with Gasteiger partial charge in [0.15, 0.2) is 23.2 Å². The van der Waals surface area contributed by atoms with E-state index in [9.17, 15) is 49.5 Å². The maximum Gasteiger partial charge on any atom is 0.255 e. The predicted molar refractivity (Wildman–Crippen MR) is 178 cm³/mol. The third kappa shape index (κ3) is 4.93. The first-order valence-corrected chi connectivity index (χ1v) is 16.6. The molecule has 1 saturated heterocycles. The number of hydrogen-bond donors (Lipinski definition) is 6. The molecule has 0 spiro atoms. The Morgan fingerprint density at radius 2 is 1.63 bits per heavy atom. The molecule has 52 heavy (non-hydrogen) atoms. The first-order chi connectivity index (χ1) is 24.4. The number of aliphatic hydroxyl groups excluding tert-OH is 2. The fraction of sp³-hybridized carbons (Fsp3) is 0.500. The number of benzene rings is 2. The summed E-state index contributed by atoms with van der Waals surface area (Å²) in [6.07, 6.45) is -8.19. The van der Waals surface area contributed by atoms with E-state index in [4.69, 9.17) is 18.9 Å². The Bertz CT molecular complexity index is 1970. The fourth-order valence-corrected chi connectivity index (χ4v) is 8.16. The Morgan fingerprint density at radius 3 is 2.23 bits per heavy atom. The van der Waals surface area contributed by atoms with Gasteiger partial charge in [0.05, 0.1) is 41.0 Å². The lowest BCUT2D eigenvalue weighted by molar-refractivity contribution is -0.228. The average Bonchev–Trinajstić information content (AvgIpc) is 3.05. The van der Waals surface area contributed by atoms with E-state index in [1.807, 2.05) is 0 Å². The Balaban J connectivity index is 1.54. The van der Waals surface area contributed by atoms with Gasteiger partial charge in [-0.2, -0.15) is 0 Å².